The zero-order chi connectivity index (χ0) is 14.1. The Morgan fingerprint density at radius 3 is 2.63 bits per heavy atom. The Balaban J connectivity index is 2.51. The number of benzene rings is 1. The molecule has 0 radical (unpaired) electrons. The van der Waals surface area contributed by atoms with Crippen LogP contribution in [-0.4, -0.2) is 32.9 Å². The predicted octanol–water partition coefficient (Wildman–Crippen LogP) is 2.25. The van der Waals surface area contributed by atoms with Crippen molar-refractivity contribution in [1.82, 2.24) is 0 Å². The molecule has 2 N–H and O–H groups in total. The maximum absolute atomic E-state index is 11.8. The highest BCUT2D eigenvalue weighted by Gasteiger charge is 2.09. The van der Waals surface area contributed by atoms with Crippen LogP contribution in [0.3, 0.4) is 0 Å². The number of nitrogen functional groups attached to an aromatic ring is 1. The second-order valence-corrected chi connectivity index (χ2v) is 4.06. The largest absolute Gasteiger partial charge is 0.494 e. The third kappa shape index (κ3) is 5.61. The number of ether oxygens (including phenoxy) is 3. The van der Waals surface area contributed by atoms with Gasteiger partial charge in [0.1, 0.15) is 5.75 Å². The van der Waals surface area contributed by atoms with E-state index in [1.165, 1.54) is 0 Å². The van der Waals surface area contributed by atoms with Crippen LogP contribution in [0.5, 0.6) is 5.75 Å². The van der Waals surface area contributed by atoms with Crippen molar-refractivity contribution >= 4 is 11.7 Å². The van der Waals surface area contributed by atoms with Crippen LogP contribution in [0.4, 0.5) is 5.69 Å². The van der Waals surface area contributed by atoms with Gasteiger partial charge >= 0.3 is 5.97 Å². The molecular formula is C14H21NO4. The van der Waals surface area contributed by atoms with Gasteiger partial charge in [-0.2, -0.15) is 0 Å². The van der Waals surface area contributed by atoms with E-state index in [1.54, 1.807) is 25.3 Å². The van der Waals surface area contributed by atoms with Gasteiger partial charge in [-0.3, -0.25) is 0 Å². The Hall–Kier alpha value is -1.75. The Morgan fingerprint density at radius 1 is 1.21 bits per heavy atom. The molecule has 5 heteroatoms. The number of carbonyl (C=O) groups is 1. The number of rotatable bonds is 8. The Morgan fingerprint density at radius 2 is 1.95 bits per heavy atom. The van der Waals surface area contributed by atoms with Crippen molar-refractivity contribution in [2.45, 2.75) is 19.8 Å². The predicted molar refractivity (Wildman–Crippen MR) is 73.4 cm³/mol. The second kappa shape index (κ2) is 8.37. The van der Waals surface area contributed by atoms with Crippen molar-refractivity contribution in [3.8, 4) is 5.75 Å². The molecule has 5 nitrogen and oxygen atoms in total. The zero-order valence-electron chi connectivity index (χ0n) is 11.5. The van der Waals surface area contributed by atoms with Gasteiger partial charge in [0.05, 0.1) is 18.8 Å². The molecule has 0 saturated carbocycles. The average molecular weight is 267 g/mol. The monoisotopic (exact) mass is 267 g/mol. The van der Waals surface area contributed by atoms with E-state index in [9.17, 15) is 4.79 Å². The number of hydrogen-bond donors (Lipinski definition) is 1. The van der Waals surface area contributed by atoms with Crippen molar-refractivity contribution in [2.24, 2.45) is 0 Å². The van der Waals surface area contributed by atoms with Gasteiger partial charge in [0.25, 0.3) is 0 Å². The summed E-state index contributed by atoms with van der Waals surface area (Å²) < 4.78 is 15.4. The van der Waals surface area contributed by atoms with Crippen molar-refractivity contribution in [3.05, 3.63) is 23.8 Å². The Labute approximate surface area is 113 Å². The fraction of sp³-hybridized carbons (Fsp3) is 0.500. The summed E-state index contributed by atoms with van der Waals surface area (Å²) >= 11 is 0. The minimum absolute atomic E-state index is 0.376. The highest BCUT2D eigenvalue weighted by molar-refractivity contribution is 5.91. The third-order valence-corrected chi connectivity index (χ3v) is 2.45. The summed E-state index contributed by atoms with van der Waals surface area (Å²) in [6.07, 6.45) is 1.64. The average Bonchev–Trinajstić information content (AvgIpc) is 2.38. The van der Waals surface area contributed by atoms with Crippen LogP contribution in [0.2, 0.25) is 0 Å². The van der Waals surface area contributed by atoms with E-state index in [-0.39, 0.29) is 5.97 Å². The molecule has 106 valence electrons. The van der Waals surface area contributed by atoms with E-state index in [4.69, 9.17) is 19.9 Å². The van der Waals surface area contributed by atoms with Gasteiger partial charge in [-0.1, -0.05) is 0 Å². The molecule has 1 aromatic carbocycles. The second-order valence-electron chi connectivity index (χ2n) is 4.06. The topological polar surface area (TPSA) is 70.8 Å². The van der Waals surface area contributed by atoms with Crippen molar-refractivity contribution in [1.29, 1.82) is 0 Å². The highest BCUT2D eigenvalue weighted by Crippen LogP contribution is 2.19. The Kier molecular flexibility index (Phi) is 6.74. The Bertz CT molecular complexity index is 406. The molecule has 0 aliphatic carbocycles. The van der Waals surface area contributed by atoms with E-state index in [2.05, 4.69) is 0 Å². The van der Waals surface area contributed by atoms with E-state index in [1.807, 2.05) is 6.92 Å². The molecule has 0 unspecified atom stereocenters. The molecular weight excluding hydrogens is 246 g/mol. The molecule has 0 aliphatic rings. The van der Waals surface area contributed by atoms with Crippen LogP contribution in [0.25, 0.3) is 0 Å². The molecule has 0 aromatic heterocycles. The van der Waals surface area contributed by atoms with Crippen LogP contribution in [0.1, 0.15) is 30.1 Å². The van der Waals surface area contributed by atoms with Crippen LogP contribution < -0.4 is 10.5 Å². The third-order valence-electron chi connectivity index (χ3n) is 2.45. The molecule has 0 atom stereocenters. The van der Waals surface area contributed by atoms with Gasteiger partial charge < -0.3 is 19.9 Å². The first-order valence-corrected chi connectivity index (χ1v) is 6.36. The molecule has 0 heterocycles. The van der Waals surface area contributed by atoms with Gasteiger partial charge in [0, 0.05) is 25.5 Å². The summed E-state index contributed by atoms with van der Waals surface area (Å²) in [6.45, 7) is 3.44. The first-order valence-electron chi connectivity index (χ1n) is 6.36. The van der Waals surface area contributed by atoms with E-state index < -0.39 is 0 Å². The smallest absolute Gasteiger partial charge is 0.338 e. The lowest BCUT2D eigenvalue weighted by atomic mass is 10.2. The zero-order valence-corrected chi connectivity index (χ0v) is 11.5. The van der Waals surface area contributed by atoms with Crippen molar-refractivity contribution < 1.29 is 19.0 Å². The van der Waals surface area contributed by atoms with Gasteiger partial charge in [-0.15, -0.1) is 0 Å². The molecule has 1 aromatic rings. The van der Waals surface area contributed by atoms with Crippen LogP contribution in [0, 0.1) is 0 Å². The van der Waals surface area contributed by atoms with E-state index in [0.717, 1.165) is 12.8 Å². The van der Waals surface area contributed by atoms with Crippen molar-refractivity contribution in [3.63, 3.8) is 0 Å². The number of esters is 1. The molecule has 19 heavy (non-hydrogen) atoms. The summed E-state index contributed by atoms with van der Waals surface area (Å²) in [7, 11) is 1.65. The van der Waals surface area contributed by atoms with Gasteiger partial charge in [-0.25, -0.2) is 4.79 Å². The number of hydrogen-bond acceptors (Lipinski definition) is 5. The maximum Gasteiger partial charge on any atom is 0.338 e. The van der Waals surface area contributed by atoms with Crippen molar-refractivity contribution in [2.75, 3.05) is 32.7 Å². The molecule has 0 amide bonds. The summed E-state index contributed by atoms with van der Waals surface area (Å²) in [5, 5.41) is 0. The number of nitrogens with two attached hydrogens (primary N) is 1. The van der Waals surface area contributed by atoms with Gasteiger partial charge in [0.2, 0.25) is 0 Å². The first-order chi connectivity index (χ1) is 9.17. The summed E-state index contributed by atoms with van der Waals surface area (Å²) in [6, 6.07) is 4.90. The van der Waals surface area contributed by atoms with Crippen LogP contribution >= 0.6 is 0 Å². The summed E-state index contributed by atoms with van der Waals surface area (Å²) in [5.41, 5.74) is 6.61. The number of anilines is 1. The quantitative estimate of drug-likeness (QED) is 0.444. The normalized spacial score (nSPS) is 10.2. The molecule has 0 bridgehead atoms. The minimum atomic E-state index is -0.384. The molecule has 0 saturated heterocycles. The lowest BCUT2D eigenvalue weighted by Crippen LogP contribution is -2.08. The molecule has 0 spiro atoms. The lowest BCUT2D eigenvalue weighted by molar-refractivity contribution is 0.0488. The first kappa shape index (κ1) is 15.3. The minimum Gasteiger partial charge on any atom is -0.494 e. The molecule has 1 rings (SSSR count). The number of carbonyl (C=O) groups excluding carboxylic acids is 1. The molecule has 0 aliphatic heterocycles. The standard InChI is InChI=1S/C14H21NO4/c1-3-18-13-9-11(8-12(15)10-13)14(16)19-7-5-4-6-17-2/h8-10H,3-7,15H2,1-2H3. The highest BCUT2D eigenvalue weighted by atomic mass is 16.5. The fourth-order valence-corrected chi connectivity index (χ4v) is 1.59. The number of unbranched alkanes of at least 4 members (excludes halogenated alkanes) is 1. The fourth-order valence-electron chi connectivity index (χ4n) is 1.59. The number of methoxy groups -OCH3 is 1. The summed E-state index contributed by atoms with van der Waals surface area (Å²) in [5.74, 6) is 0.194. The van der Waals surface area contributed by atoms with Gasteiger partial charge in [-0.05, 0) is 31.9 Å². The SMILES string of the molecule is CCOc1cc(N)cc(C(=O)OCCCCOC)c1. The van der Waals surface area contributed by atoms with Crippen LogP contribution in [0.15, 0.2) is 18.2 Å². The summed E-state index contributed by atoms with van der Waals surface area (Å²) in [4.78, 5) is 11.8. The van der Waals surface area contributed by atoms with Crippen LogP contribution in [-0.2, 0) is 9.47 Å². The van der Waals surface area contributed by atoms with Gasteiger partial charge in [0.15, 0.2) is 0 Å². The maximum atomic E-state index is 11.8. The lowest BCUT2D eigenvalue weighted by Gasteiger charge is -2.08. The van der Waals surface area contributed by atoms with E-state index in [0.29, 0.717) is 36.8 Å². The van der Waals surface area contributed by atoms with E-state index >= 15 is 0 Å². The molecule has 0 fully saturated rings.